The summed E-state index contributed by atoms with van der Waals surface area (Å²) in [5.41, 5.74) is 0.669. The largest absolute Gasteiger partial charge is 0.386 e. The Balaban J connectivity index is 2.48. The zero-order valence-electron chi connectivity index (χ0n) is 12.8. The van der Waals surface area contributed by atoms with Crippen LogP contribution in [-0.4, -0.2) is 33.6 Å². The lowest BCUT2D eigenvalue weighted by molar-refractivity contribution is -0.00545. The van der Waals surface area contributed by atoms with Gasteiger partial charge in [0.25, 0.3) is 0 Å². The predicted molar refractivity (Wildman–Crippen MR) is 83.7 cm³/mol. The van der Waals surface area contributed by atoms with Gasteiger partial charge in [0.15, 0.2) is 0 Å². The van der Waals surface area contributed by atoms with E-state index in [9.17, 15) is 5.11 Å². The first-order valence-electron chi connectivity index (χ1n) is 7.28. The molecule has 1 N–H and O–H groups in total. The van der Waals surface area contributed by atoms with E-state index in [0.717, 1.165) is 29.4 Å². The number of hydrogen-bond acceptors (Lipinski definition) is 3. The zero-order valence-corrected chi connectivity index (χ0v) is 12.8. The van der Waals surface area contributed by atoms with Crippen LogP contribution in [0.15, 0.2) is 36.7 Å². The Kier molecular flexibility index (Phi) is 4.41. The number of fused-ring (bicyclic) bond motifs is 1. The highest BCUT2D eigenvalue weighted by molar-refractivity contribution is 5.85. The number of likely N-dealkylation sites (N-methyl/N-ethyl adjacent to an activating group) is 1. The average Bonchev–Trinajstić information content (AvgIpc) is 2.47. The Morgan fingerprint density at radius 3 is 2.55 bits per heavy atom. The first-order valence-corrected chi connectivity index (χ1v) is 7.28. The second-order valence-corrected chi connectivity index (χ2v) is 5.67. The lowest BCUT2D eigenvalue weighted by Crippen LogP contribution is -2.48. The Morgan fingerprint density at radius 2 is 1.90 bits per heavy atom. The van der Waals surface area contributed by atoms with Crippen LogP contribution >= 0.6 is 0 Å². The summed E-state index contributed by atoms with van der Waals surface area (Å²) in [5.74, 6) is 0. The fourth-order valence-corrected chi connectivity index (χ4v) is 2.98. The third kappa shape index (κ3) is 2.56. The van der Waals surface area contributed by atoms with E-state index in [-0.39, 0.29) is 5.54 Å². The molecule has 2 rings (SSSR count). The number of nitrogens with zero attached hydrogens (tertiary/aromatic N) is 2. The van der Waals surface area contributed by atoms with Crippen LogP contribution in [-0.2, 0) is 0 Å². The van der Waals surface area contributed by atoms with Crippen LogP contribution in [0.5, 0.6) is 0 Å². The molecule has 3 heteroatoms. The number of aromatic nitrogens is 1. The van der Waals surface area contributed by atoms with Gasteiger partial charge < -0.3 is 5.11 Å². The molecule has 0 amide bonds. The highest BCUT2D eigenvalue weighted by Crippen LogP contribution is 2.34. The maximum absolute atomic E-state index is 10.9. The predicted octanol–water partition coefficient (Wildman–Crippen LogP) is 3.39. The van der Waals surface area contributed by atoms with Gasteiger partial charge in [-0.1, -0.05) is 32.0 Å². The maximum Gasteiger partial charge on any atom is 0.0974 e. The molecule has 1 atom stereocenters. The van der Waals surface area contributed by atoms with Gasteiger partial charge in [-0.3, -0.25) is 9.88 Å². The lowest BCUT2D eigenvalue weighted by Gasteiger charge is -2.41. The minimum absolute atomic E-state index is 0.305. The quantitative estimate of drug-likeness (QED) is 0.906. The Labute approximate surface area is 121 Å². The molecule has 0 aliphatic rings. The third-order valence-corrected chi connectivity index (χ3v) is 4.26. The number of rotatable bonds is 5. The van der Waals surface area contributed by atoms with Crippen molar-refractivity contribution in [3.63, 3.8) is 0 Å². The second-order valence-electron chi connectivity index (χ2n) is 5.67. The molecule has 3 nitrogen and oxygen atoms in total. The zero-order chi connectivity index (χ0) is 14.8. The molecule has 0 bridgehead atoms. The van der Waals surface area contributed by atoms with Gasteiger partial charge in [0.05, 0.1) is 6.10 Å². The molecular weight excluding hydrogens is 248 g/mol. The second kappa shape index (κ2) is 5.90. The minimum atomic E-state index is -0.534. The number of hydrogen-bond donors (Lipinski definition) is 1. The van der Waals surface area contributed by atoms with E-state index in [4.69, 9.17) is 0 Å². The molecule has 0 radical (unpaired) electrons. The van der Waals surface area contributed by atoms with Gasteiger partial charge in [0, 0.05) is 23.3 Å². The van der Waals surface area contributed by atoms with E-state index in [2.05, 4.69) is 37.6 Å². The normalized spacial score (nSPS) is 13.9. The Hall–Kier alpha value is -1.45. The highest BCUT2D eigenvalue weighted by atomic mass is 16.3. The molecule has 20 heavy (non-hydrogen) atoms. The van der Waals surface area contributed by atoms with Gasteiger partial charge in [-0.25, -0.2) is 0 Å². The summed E-state index contributed by atoms with van der Waals surface area (Å²) in [6.07, 6.45) is 3.09. The van der Waals surface area contributed by atoms with Crippen LogP contribution in [0.4, 0.5) is 0 Å². The van der Waals surface area contributed by atoms with Crippen molar-refractivity contribution in [3.05, 3.63) is 42.2 Å². The van der Waals surface area contributed by atoms with Crippen LogP contribution < -0.4 is 0 Å². The molecule has 0 saturated carbocycles. The molecule has 1 aromatic carbocycles. The van der Waals surface area contributed by atoms with Crippen molar-refractivity contribution < 1.29 is 5.11 Å². The lowest BCUT2D eigenvalue weighted by atomic mass is 9.87. The molecular formula is C17H24N2O. The topological polar surface area (TPSA) is 36.4 Å². The van der Waals surface area contributed by atoms with Crippen LogP contribution in [0.2, 0.25) is 0 Å². The monoisotopic (exact) mass is 272 g/mol. The van der Waals surface area contributed by atoms with Crippen molar-refractivity contribution in [1.82, 2.24) is 9.88 Å². The summed E-state index contributed by atoms with van der Waals surface area (Å²) in [6.45, 7) is 10.3. The van der Waals surface area contributed by atoms with Gasteiger partial charge >= 0.3 is 0 Å². The summed E-state index contributed by atoms with van der Waals surface area (Å²) in [4.78, 5) is 6.44. The molecule has 1 unspecified atom stereocenters. The van der Waals surface area contributed by atoms with Crippen LogP contribution in [0.1, 0.15) is 39.4 Å². The van der Waals surface area contributed by atoms with Gasteiger partial charge in [-0.05, 0) is 44.0 Å². The number of aliphatic hydroxyl groups is 1. The van der Waals surface area contributed by atoms with Crippen molar-refractivity contribution in [2.45, 2.75) is 39.3 Å². The Morgan fingerprint density at radius 1 is 1.20 bits per heavy atom. The van der Waals surface area contributed by atoms with Crippen molar-refractivity contribution >= 4 is 10.8 Å². The van der Waals surface area contributed by atoms with E-state index < -0.39 is 6.10 Å². The van der Waals surface area contributed by atoms with Crippen LogP contribution in [0, 0.1) is 0 Å². The van der Waals surface area contributed by atoms with Gasteiger partial charge in [0.1, 0.15) is 0 Å². The molecule has 2 aromatic rings. The van der Waals surface area contributed by atoms with Crippen LogP contribution in [0.25, 0.3) is 10.8 Å². The standard InChI is InChI=1S/C17H24N2O/c1-5-19(6-2)17(3,4)16(20)15-9-7-8-13-12-18-11-10-14(13)15/h7-12,16,20H,5-6H2,1-4H3. The molecule has 108 valence electrons. The van der Waals surface area contributed by atoms with Crippen molar-refractivity contribution in [2.24, 2.45) is 0 Å². The Bertz CT molecular complexity index is 571. The summed E-state index contributed by atoms with van der Waals surface area (Å²) < 4.78 is 0. The number of benzene rings is 1. The van der Waals surface area contributed by atoms with E-state index in [0.29, 0.717) is 0 Å². The average molecular weight is 272 g/mol. The fraction of sp³-hybridized carbons (Fsp3) is 0.471. The minimum Gasteiger partial charge on any atom is -0.386 e. The molecule has 0 spiro atoms. The summed E-state index contributed by atoms with van der Waals surface area (Å²) in [5, 5.41) is 13.1. The SMILES string of the molecule is CCN(CC)C(C)(C)C(O)c1cccc2cnccc12. The van der Waals surface area contributed by atoms with Crippen LogP contribution in [0.3, 0.4) is 0 Å². The third-order valence-electron chi connectivity index (χ3n) is 4.26. The smallest absolute Gasteiger partial charge is 0.0974 e. The van der Waals surface area contributed by atoms with Crippen molar-refractivity contribution in [1.29, 1.82) is 0 Å². The number of pyridine rings is 1. The number of aliphatic hydroxyl groups excluding tert-OH is 1. The van der Waals surface area contributed by atoms with Crippen molar-refractivity contribution in [3.8, 4) is 0 Å². The molecule has 1 heterocycles. The van der Waals surface area contributed by atoms with E-state index in [1.54, 1.807) is 6.20 Å². The highest BCUT2D eigenvalue weighted by Gasteiger charge is 2.34. The molecule has 0 saturated heterocycles. The molecule has 0 fully saturated rings. The first-order chi connectivity index (χ1) is 9.52. The summed E-state index contributed by atoms with van der Waals surface area (Å²) >= 11 is 0. The van der Waals surface area contributed by atoms with E-state index in [1.807, 2.05) is 30.5 Å². The van der Waals surface area contributed by atoms with Gasteiger partial charge in [0.2, 0.25) is 0 Å². The molecule has 1 aromatic heterocycles. The summed E-state index contributed by atoms with van der Waals surface area (Å²) in [7, 11) is 0. The van der Waals surface area contributed by atoms with Gasteiger partial charge in [-0.15, -0.1) is 0 Å². The summed E-state index contributed by atoms with van der Waals surface area (Å²) in [6, 6.07) is 8.01. The molecule has 0 aliphatic heterocycles. The molecule has 0 aliphatic carbocycles. The van der Waals surface area contributed by atoms with E-state index >= 15 is 0 Å². The van der Waals surface area contributed by atoms with E-state index in [1.165, 1.54) is 0 Å². The first kappa shape index (κ1) is 14.9. The van der Waals surface area contributed by atoms with Crippen molar-refractivity contribution in [2.75, 3.05) is 13.1 Å². The maximum atomic E-state index is 10.9. The fourth-order valence-electron chi connectivity index (χ4n) is 2.98. The van der Waals surface area contributed by atoms with Gasteiger partial charge in [-0.2, -0.15) is 0 Å².